The van der Waals surface area contributed by atoms with Gasteiger partial charge in [-0.25, -0.2) is 4.79 Å². The molecule has 0 atom stereocenters. The van der Waals surface area contributed by atoms with Gasteiger partial charge in [0.1, 0.15) is 5.60 Å². The summed E-state index contributed by atoms with van der Waals surface area (Å²) in [6.07, 6.45) is 1.41. The van der Waals surface area contributed by atoms with Crippen LogP contribution in [0.25, 0.3) is 0 Å². The molecule has 3 nitrogen and oxygen atoms in total. The van der Waals surface area contributed by atoms with Crippen molar-refractivity contribution in [1.29, 1.82) is 0 Å². The molecule has 14 heavy (non-hydrogen) atoms. The van der Waals surface area contributed by atoms with Crippen molar-refractivity contribution in [3.63, 3.8) is 0 Å². The monoisotopic (exact) mass is 199 g/mol. The van der Waals surface area contributed by atoms with Crippen molar-refractivity contribution in [2.24, 2.45) is 0 Å². The Labute approximate surface area is 86.5 Å². The molecule has 0 saturated heterocycles. The minimum absolute atomic E-state index is 0.360. The van der Waals surface area contributed by atoms with Crippen LogP contribution in [0, 0.1) is 0 Å². The number of hydrogen-bond acceptors (Lipinski definition) is 2. The molecule has 0 fully saturated rings. The van der Waals surface area contributed by atoms with Crippen LogP contribution in [0.2, 0.25) is 0 Å². The Morgan fingerprint density at radius 3 is 2.43 bits per heavy atom. The van der Waals surface area contributed by atoms with Crippen LogP contribution in [-0.4, -0.2) is 18.2 Å². The molecule has 1 amide bonds. The van der Waals surface area contributed by atoms with Gasteiger partial charge in [0.2, 0.25) is 0 Å². The standard InChI is InChI=1S/C11H21NO2/c1-6-9(2)7-8-12-10(13)14-11(3,4)5/h2,6-8H2,1,3-5H3,(H,12,13). The van der Waals surface area contributed by atoms with Gasteiger partial charge < -0.3 is 10.1 Å². The van der Waals surface area contributed by atoms with Crippen LogP contribution >= 0.6 is 0 Å². The Bertz CT molecular complexity index is 204. The zero-order valence-corrected chi connectivity index (χ0v) is 9.64. The van der Waals surface area contributed by atoms with Gasteiger partial charge in [-0.3, -0.25) is 0 Å². The molecule has 0 aliphatic rings. The third kappa shape index (κ3) is 7.65. The van der Waals surface area contributed by atoms with Crippen molar-refractivity contribution in [1.82, 2.24) is 5.32 Å². The highest BCUT2D eigenvalue weighted by atomic mass is 16.6. The van der Waals surface area contributed by atoms with E-state index in [0.29, 0.717) is 6.54 Å². The number of ether oxygens (including phenoxy) is 1. The molecule has 0 spiro atoms. The maximum absolute atomic E-state index is 11.2. The Hall–Kier alpha value is -0.990. The molecule has 0 saturated carbocycles. The lowest BCUT2D eigenvalue weighted by Gasteiger charge is -2.19. The second kappa shape index (κ2) is 5.68. The average molecular weight is 199 g/mol. The van der Waals surface area contributed by atoms with Crippen LogP contribution < -0.4 is 5.32 Å². The summed E-state index contributed by atoms with van der Waals surface area (Å²) in [7, 11) is 0. The third-order valence-electron chi connectivity index (χ3n) is 1.65. The predicted molar refractivity (Wildman–Crippen MR) is 58.3 cm³/mol. The number of nitrogens with one attached hydrogen (secondary N) is 1. The van der Waals surface area contributed by atoms with Gasteiger partial charge in [0.15, 0.2) is 0 Å². The molecule has 0 aliphatic carbocycles. The molecule has 0 bridgehead atoms. The maximum atomic E-state index is 11.2. The summed E-state index contributed by atoms with van der Waals surface area (Å²) in [4.78, 5) is 11.2. The van der Waals surface area contributed by atoms with E-state index >= 15 is 0 Å². The molecule has 0 unspecified atom stereocenters. The number of carbonyl (C=O) groups is 1. The van der Waals surface area contributed by atoms with Gasteiger partial charge in [-0.05, 0) is 33.6 Å². The Kier molecular flexibility index (Phi) is 5.28. The molecule has 0 aromatic rings. The fourth-order valence-corrected chi connectivity index (χ4v) is 0.832. The van der Waals surface area contributed by atoms with E-state index in [9.17, 15) is 4.79 Å². The van der Waals surface area contributed by atoms with Gasteiger partial charge in [-0.2, -0.15) is 0 Å². The largest absolute Gasteiger partial charge is 0.444 e. The molecular formula is C11H21NO2. The zero-order valence-electron chi connectivity index (χ0n) is 9.64. The highest BCUT2D eigenvalue weighted by Gasteiger charge is 2.15. The van der Waals surface area contributed by atoms with Gasteiger partial charge in [-0.15, -0.1) is 0 Å². The average Bonchev–Trinajstić information content (AvgIpc) is 2.00. The third-order valence-corrected chi connectivity index (χ3v) is 1.65. The summed E-state index contributed by atoms with van der Waals surface area (Å²) in [6, 6.07) is 0. The lowest BCUT2D eigenvalue weighted by molar-refractivity contribution is 0.0528. The Morgan fingerprint density at radius 2 is 2.00 bits per heavy atom. The van der Waals surface area contributed by atoms with Crippen molar-refractivity contribution in [2.75, 3.05) is 6.54 Å². The van der Waals surface area contributed by atoms with Crippen LogP contribution in [0.3, 0.4) is 0 Å². The van der Waals surface area contributed by atoms with E-state index in [2.05, 4.69) is 18.8 Å². The minimum atomic E-state index is -0.425. The molecule has 0 aromatic heterocycles. The van der Waals surface area contributed by atoms with E-state index < -0.39 is 5.60 Å². The van der Waals surface area contributed by atoms with E-state index in [0.717, 1.165) is 18.4 Å². The van der Waals surface area contributed by atoms with E-state index in [1.807, 2.05) is 20.8 Å². The Balaban J connectivity index is 3.60. The van der Waals surface area contributed by atoms with E-state index in [-0.39, 0.29) is 6.09 Å². The van der Waals surface area contributed by atoms with Crippen molar-refractivity contribution in [2.45, 2.75) is 46.1 Å². The molecule has 0 aromatic carbocycles. The molecule has 0 heterocycles. The lowest BCUT2D eigenvalue weighted by Crippen LogP contribution is -2.33. The van der Waals surface area contributed by atoms with Crippen LogP contribution in [0.5, 0.6) is 0 Å². The summed E-state index contributed by atoms with van der Waals surface area (Å²) >= 11 is 0. The summed E-state index contributed by atoms with van der Waals surface area (Å²) in [5, 5.41) is 2.68. The second-order valence-electron chi connectivity index (χ2n) is 4.28. The highest BCUT2D eigenvalue weighted by molar-refractivity contribution is 5.67. The van der Waals surface area contributed by atoms with Gasteiger partial charge in [0.05, 0.1) is 0 Å². The van der Waals surface area contributed by atoms with Crippen molar-refractivity contribution in [3.05, 3.63) is 12.2 Å². The van der Waals surface area contributed by atoms with Gasteiger partial charge in [-0.1, -0.05) is 19.1 Å². The summed E-state index contributed by atoms with van der Waals surface area (Å²) < 4.78 is 5.07. The quantitative estimate of drug-likeness (QED) is 0.707. The van der Waals surface area contributed by atoms with Crippen molar-refractivity contribution >= 4 is 6.09 Å². The van der Waals surface area contributed by atoms with E-state index in [1.165, 1.54) is 0 Å². The summed E-state index contributed by atoms with van der Waals surface area (Å²) in [6.45, 7) is 12.0. The second-order valence-corrected chi connectivity index (χ2v) is 4.28. The van der Waals surface area contributed by atoms with E-state index in [4.69, 9.17) is 4.74 Å². The molecule has 0 radical (unpaired) electrons. The number of rotatable bonds is 4. The van der Waals surface area contributed by atoms with Crippen molar-refractivity contribution < 1.29 is 9.53 Å². The summed E-state index contributed by atoms with van der Waals surface area (Å²) in [5.41, 5.74) is 0.715. The van der Waals surface area contributed by atoms with E-state index in [1.54, 1.807) is 0 Å². The number of carbonyl (C=O) groups excluding carboxylic acids is 1. The molecule has 0 rings (SSSR count). The minimum Gasteiger partial charge on any atom is -0.444 e. The van der Waals surface area contributed by atoms with Gasteiger partial charge >= 0.3 is 6.09 Å². The van der Waals surface area contributed by atoms with Gasteiger partial charge in [0.25, 0.3) is 0 Å². The topological polar surface area (TPSA) is 38.3 Å². The first-order chi connectivity index (χ1) is 6.35. The van der Waals surface area contributed by atoms with Crippen molar-refractivity contribution in [3.8, 4) is 0 Å². The first-order valence-electron chi connectivity index (χ1n) is 4.98. The SMILES string of the molecule is C=C(CC)CCNC(=O)OC(C)(C)C. The van der Waals surface area contributed by atoms with Crippen LogP contribution in [0.15, 0.2) is 12.2 Å². The lowest BCUT2D eigenvalue weighted by atomic mass is 10.2. The van der Waals surface area contributed by atoms with Gasteiger partial charge in [0, 0.05) is 6.54 Å². The molecular weight excluding hydrogens is 178 g/mol. The molecule has 0 aliphatic heterocycles. The maximum Gasteiger partial charge on any atom is 0.407 e. The first kappa shape index (κ1) is 13.0. The van der Waals surface area contributed by atoms with Crippen LogP contribution in [0.1, 0.15) is 40.5 Å². The first-order valence-corrected chi connectivity index (χ1v) is 4.98. The number of amides is 1. The van der Waals surface area contributed by atoms with Crippen LogP contribution in [0.4, 0.5) is 4.79 Å². The van der Waals surface area contributed by atoms with Crippen LogP contribution in [-0.2, 0) is 4.74 Å². The fourth-order valence-electron chi connectivity index (χ4n) is 0.832. The number of hydrogen-bond donors (Lipinski definition) is 1. The number of alkyl carbamates (subject to hydrolysis) is 1. The predicted octanol–water partition coefficient (Wildman–Crippen LogP) is 2.87. The molecule has 82 valence electrons. The molecule has 3 heteroatoms. The summed E-state index contributed by atoms with van der Waals surface area (Å²) in [5.74, 6) is 0. The Morgan fingerprint density at radius 1 is 1.43 bits per heavy atom. The normalized spacial score (nSPS) is 10.9. The fraction of sp³-hybridized carbons (Fsp3) is 0.727. The zero-order chi connectivity index (χ0) is 11.2. The smallest absolute Gasteiger partial charge is 0.407 e. The highest BCUT2D eigenvalue weighted by Crippen LogP contribution is 2.06. The molecule has 1 N–H and O–H groups in total.